The van der Waals surface area contributed by atoms with Gasteiger partial charge in [-0.15, -0.1) is 0 Å². The first kappa shape index (κ1) is 21.1. The van der Waals surface area contributed by atoms with Crippen molar-refractivity contribution < 1.29 is 14.2 Å². The van der Waals surface area contributed by atoms with Crippen molar-refractivity contribution >= 4 is 0 Å². The molecule has 3 rings (SSSR count). The number of rotatable bonds is 9. The molecule has 3 atom stereocenters. The van der Waals surface area contributed by atoms with Gasteiger partial charge in [0.15, 0.2) is 11.5 Å². The Morgan fingerprint density at radius 1 is 1.21 bits per heavy atom. The Bertz CT molecular complexity index is 664. The Balaban J connectivity index is 1.79. The van der Waals surface area contributed by atoms with Crippen molar-refractivity contribution in [1.29, 1.82) is 0 Å². The van der Waals surface area contributed by atoms with E-state index in [1.807, 2.05) is 0 Å². The molecule has 2 aliphatic heterocycles. The molecule has 156 valence electrons. The number of hydrogen-bond acceptors (Lipinski definition) is 6. The average molecular weight is 391 g/mol. The molecule has 0 N–H and O–H groups in total. The van der Waals surface area contributed by atoms with Gasteiger partial charge in [-0.1, -0.05) is 19.0 Å². The molecule has 28 heavy (non-hydrogen) atoms. The summed E-state index contributed by atoms with van der Waals surface area (Å²) < 4.78 is 16.7. The zero-order valence-corrected chi connectivity index (χ0v) is 17.6. The zero-order chi connectivity index (χ0) is 20.1. The van der Waals surface area contributed by atoms with Gasteiger partial charge < -0.3 is 14.2 Å². The fourth-order valence-electron chi connectivity index (χ4n) is 4.72. The number of piperidine rings is 1. The molecule has 2 aliphatic rings. The average Bonchev–Trinajstić information content (AvgIpc) is 2.69. The molecular weight excluding hydrogens is 356 g/mol. The second-order valence-corrected chi connectivity index (χ2v) is 8.46. The van der Waals surface area contributed by atoms with Crippen molar-refractivity contribution in [2.45, 2.75) is 51.6 Å². The molecule has 3 unspecified atom stereocenters. The molecule has 0 saturated carbocycles. The van der Waals surface area contributed by atoms with Crippen molar-refractivity contribution in [3.63, 3.8) is 0 Å². The van der Waals surface area contributed by atoms with Gasteiger partial charge in [-0.25, -0.2) is 0 Å². The molecule has 1 aromatic carbocycles. The summed E-state index contributed by atoms with van der Waals surface area (Å²) in [7, 11) is 3.38. The Labute approximate surface area is 168 Å². The van der Waals surface area contributed by atoms with Crippen molar-refractivity contribution in [1.82, 2.24) is 4.90 Å². The van der Waals surface area contributed by atoms with Gasteiger partial charge >= 0.3 is 0 Å². The van der Waals surface area contributed by atoms with Gasteiger partial charge in [0.25, 0.3) is 0 Å². The van der Waals surface area contributed by atoms with Crippen LogP contribution in [0.2, 0.25) is 0 Å². The highest BCUT2D eigenvalue weighted by Crippen LogP contribution is 2.44. The normalized spacial score (nSPS) is 24.5. The lowest BCUT2D eigenvalue weighted by molar-refractivity contribution is 0.0741. The number of hydrogen-bond donors (Lipinski definition) is 0. The van der Waals surface area contributed by atoms with Crippen molar-refractivity contribution in [3.8, 4) is 11.5 Å². The molecule has 2 heterocycles. The molecule has 6 nitrogen and oxygen atoms in total. The SMILES string of the molecule is COCCCOc1cc2c(cc1OC)C1CC(N=O)C(CC(C)C)CN1CC2. The minimum atomic E-state index is -0.106. The predicted molar refractivity (Wildman–Crippen MR) is 110 cm³/mol. The molecule has 1 saturated heterocycles. The lowest BCUT2D eigenvalue weighted by Gasteiger charge is -2.45. The Kier molecular flexibility index (Phi) is 7.30. The summed E-state index contributed by atoms with van der Waals surface area (Å²) in [6.45, 7) is 7.70. The molecule has 0 spiro atoms. The van der Waals surface area contributed by atoms with Crippen LogP contribution in [0.3, 0.4) is 0 Å². The third kappa shape index (κ3) is 4.66. The second-order valence-electron chi connectivity index (χ2n) is 8.46. The Morgan fingerprint density at radius 2 is 2.04 bits per heavy atom. The summed E-state index contributed by atoms with van der Waals surface area (Å²) in [6, 6.07) is 4.38. The zero-order valence-electron chi connectivity index (χ0n) is 17.6. The van der Waals surface area contributed by atoms with E-state index in [1.54, 1.807) is 14.2 Å². The molecule has 1 fully saturated rings. The highest BCUT2D eigenvalue weighted by atomic mass is 16.5. The third-order valence-electron chi connectivity index (χ3n) is 6.03. The summed E-state index contributed by atoms with van der Waals surface area (Å²) in [5, 5.41) is 3.52. The molecule has 0 amide bonds. The van der Waals surface area contributed by atoms with E-state index in [4.69, 9.17) is 14.2 Å². The van der Waals surface area contributed by atoms with E-state index in [9.17, 15) is 4.91 Å². The van der Waals surface area contributed by atoms with Crippen LogP contribution in [-0.2, 0) is 11.2 Å². The standard InChI is InChI=1S/C22H34N2O4/c1-15(2)10-17-14-24-7-6-16-11-22(28-9-5-8-26-3)21(27-4)12-18(16)20(24)13-19(17)23-25/h11-12,15,17,19-20H,5-10,13-14H2,1-4H3. The Hall–Kier alpha value is -1.66. The van der Waals surface area contributed by atoms with Crippen molar-refractivity contribution in [2.75, 3.05) is 40.5 Å². The van der Waals surface area contributed by atoms with E-state index < -0.39 is 0 Å². The first-order valence-electron chi connectivity index (χ1n) is 10.5. The maximum absolute atomic E-state index is 11.6. The topological polar surface area (TPSA) is 60.4 Å². The summed E-state index contributed by atoms with van der Waals surface area (Å²) >= 11 is 0. The number of nitrogens with zero attached hydrogens (tertiary/aromatic N) is 2. The molecule has 0 bridgehead atoms. The lowest BCUT2D eigenvalue weighted by atomic mass is 9.78. The Morgan fingerprint density at radius 3 is 2.71 bits per heavy atom. The molecule has 0 aromatic heterocycles. The highest BCUT2D eigenvalue weighted by molar-refractivity contribution is 5.49. The van der Waals surface area contributed by atoms with Crippen molar-refractivity contribution in [3.05, 3.63) is 28.2 Å². The van der Waals surface area contributed by atoms with Gasteiger partial charge in [0, 0.05) is 39.3 Å². The number of nitroso groups, excluding NO2 is 1. The van der Waals surface area contributed by atoms with Crippen LogP contribution >= 0.6 is 0 Å². The van der Waals surface area contributed by atoms with E-state index >= 15 is 0 Å². The van der Waals surface area contributed by atoms with Gasteiger partial charge in [-0.2, -0.15) is 4.91 Å². The first-order chi connectivity index (χ1) is 13.6. The number of benzene rings is 1. The minimum Gasteiger partial charge on any atom is -0.493 e. The summed E-state index contributed by atoms with van der Waals surface area (Å²) in [5.74, 6) is 2.50. The number of methoxy groups -OCH3 is 2. The van der Waals surface area contributed by atoms with Crippen molar-refractivity contribution in [2.24, 2.45) is 17.0 Å². The monoisotopic (exact) mass is 390 g/mol. The smallest absolute Gasteiger partial charge is 0.161 e. The first-order valence-corrected chi connectivity index (χ1v) is 10.5. The van der Waals surface area contributed by atoms with Gasteiger partial charge in [0.05, 0.1) is 19.8 Å². The quantitative estimate of drug-likeness (QED) is 0.467. The van der Waals surface area contributed by atoms with E-state index in [0.29, 0.717) is 25.0 Å². The second kappa shape index (κ2) is 9.70. The molecule has 0 radical (unpaired) electrons. The third-order valence-corrected chi connectivity index (χ3v) is 6.03. The van der Waals surface area contributed by atoms with E-state index in [0.717, 1.165) is 50.3 Å². The summed E-state index contributed by atoms with van der Waals surface area (Å²) in [6.07, 6.45) is 3.70. The van der Waals surface area contributed by atoms with Gasteiger partial charge in [-0.3, -0.25) is 4.90 Å². The fraction of sp³-hybridized carbons (Fsp3) is 0.727. The lowest BCUT2D eigenvalue weighted by Crippen LogP contribution is -2.47. The van der Waals surface area contributed by atoms with Crippen LogP contribution in [0, 0.1) is 16.7 Å². The maximum atomic E-state index is 11.6. The van der Waals surface area contributed by atoms with E-state index in [2.05, 4.69) is 36.1 Å². The van der Waals surface area contributed by atoms with Crippen LogP contribution < -0.4 is 9.47 Å². The van der Waals surface area contributed by atoms with Crippen LogP contribution in [0.15, 0.2) is 17.3 Å². The van der Waals surface area contributed by atoms with Crippen LogP contribution in [0.5, 0.6) is 11.5 Å². The molecule has 0 aliphatic carbocycles. The predicted octanol–water partition coefficient (Wildman–Crippen LogP) is 4.21. The molecule has 1 aromatic rings. The highest BCUT2D eigenvalue weighted by Gasteiger charge is 2.40. The largest absolute Gasteiger partial charge is 0.493 e. The minimum absolute atomic E-state index is 0.106. The summed E-state index contributed by atoms with van der Waals surface area (Å²) in [4.78, 5) is 14.1. The van der Waals surface area contributed by atoms with Gasteiger partial charge in [-0.05, 0) is 54.4 Å². The van der Waals surface area contributed by atoms with Gasteiger partial charge in [0.1, 0.15) is 0 Å². The van der Waals surface area contributed by atoms with E-state index in [1.165, 1.54) is 11.1 Å². The van der Waals surface area contributed by atoms with Crippen LogP contribution in [-0.4, -0.2) is 51.5 Å². The molecular formula is C22H34N2O4. The number of fused-ring (bicyclic) bond motifs is 3. The maximum Gasteiger partial charge on any atom is 0.161 e. The van der Waals surface area contributed by atoms with E-state index in [-0.39, 0.29) is 12.1 Å². The molecule has 6 heteroatoms. The van der Waals surface area contributed by atoms with Crippen LogP contribution in [0.4, 0.5) is 0 Å². The van der Waals surface area contributed by atoms with Gasteiger partial charge in [0.2, 0.25) is 0 Å². The number of ether oxygens (including phenoxy) is 3. The van der Waals surface area contributed by atoms with Crippen LogP contribution in [0.1, 0.15) is 50.3 Å². The van der Waals surface area contributed by atoms with Crippen LogP contribution in [0.25, 0.3) is 0 Å². The fourth-order valence-corrected chi connectivity index (χ4v) is 4.72. The summed E-state index contributed by atoms with van der Waals surface area (Å²) in [5.41, 5.74) is 2.57.